The normalized spacial score (nSPS) is 18.7. The van der Waals surface area contributed by atoms with Gasteiger partial charge in [0.25, 0.3) is 5.09 Å². The van der Waals surface area contributed by atoms with Crippen molar-refractivity contribution >= 4 is 23.6 Å². The molecule has 3 N–H and O–H groups in total. The van der Waals surface area contributed by atoms with Gasteiger partial charge < -0.3 is 29.8 Å². The van der Waals surface area contributed by atoms with Crippen molar-refractivity contribution in [3.63, 3.8) is 0 Å². The maximum Gasteiger partial charge on any atom is 0.330 e. The molecule has 1 amide bonds. The standard InChI is InChI=1S/C36H54N2O11/c1-2-3-4-5-8-12-28(39)18-21-31-30(32(40)25-33(31)41)13-9-6-7-10-14-34(42)37-26-36(44)49-29-19-16-27(17-20-29)22-24-47-35(43)15-11-23-48-38(45)46/h6,9,16-17,19-20,30-33,40-41H,2-5,7-8,10-15,18,21-26H2,1H3,(H,37,42)/t30-,31-,32+,33-/m1/s1. The highest BCUT2D eigenvalue weighted by molar-refractivity contribution is 5.82. The van der Waals surface area contributed by atoms with Gasteiger partial charge in [-0.25, -0.2) is 4.79 Å². The Morgan fingerprint density at radius 3 is 2.35 bits per heavy atom. The highest BCUT2D eigenvalue weighted by Crippen LogP contribution is 2.38. The lowest BCUT2D eigenvalue weighted by molar-refractivity contribution is -0.757. The van der Waals surface area contributed by atoms with Crippen LogP contribution < -0.4 is 10.1 Å². The summed E-state index contributed by atoms with van der Waals surface area (Å²) < 4.78 is 10.4. The van der Waals surface area contributed by atoms with Gasteiger partial charge in [0.05, 0.1) is 25.4 Å². The lowest BCUT2D eigenvalue weighted by Crippen LogP contribution is -2.31. The SMILES string of the molecule is CCCCCCCC(=O)CC[C@@H]1[C@@H](CC=CCCCC(=O)NCC(=O)Oc2ccc(CCOC(=O)CCCO[N+](=O)[O-])cc2)[C@@H](O)C[C@H]1O. The minimum Gasteiger partial charge on any atom is -0.465 e. The number of unbranched alkanes of at least 4 members (excludes halogenated alkanes) is 5. The number of Topliss-reactive ketones (excluding diaryl/α,β-unsaturated/α-hetero) is 1. The third-order valence-corrected chi connectivity index (χ3v) is 8.65. The van der Waals surface area contributed by atoms with Gasteiger partial charge in [-0.15, -0.1) is 10.1 Å². The van der Waals surface area contributed by atoms with Crippen molar-refractivity contribution in [3.05, 3.63) is 52.1 Å². The van der Waals surface area contributed by atoms with E-state index in [0.717, 1.165) is 24.8 Å². The Bertz CT molecular complexity index is 1190. The van der Waals surface area contributed by atoms with Gasteiger partial charge in [0.2, 0.25) is 5.91 Å². The zero-order valence-electron chi connectivity index (χ0n) is 28.7. The number of esters is 2. The van der Waals surface area contributed by atoms with Crippen LogP contribution in [0.2, 0.25) is 0 Å². The molecule has 4 atom stereocenters. The molecule has 0 bridgehead atoms. The van der Waals surface area contributed by atoms with Gasteiger partial charge in [-0.1, -0.05) is 56.9 Å². The minimum absolute atomic E-state index is 0.0142. The molecule has 0 unspecified atom stereocenters. The van der Waals surface area contributed by atoms with Gasteiger partial charge in [-0.05, 0) is 74.5 Å². The fraction of sp³-hybridized carbons (Fsp3) is 0.667. The molecule has 0 heterocycles. The number of nitrogens with one attached hydrogen (secondary N) is 1. The average Bonchev–Trinajstić information content (AvgIpc) is 3.34. The summed E-state index contributed by atoms with van der Waals surface area (Å²) in [6.07, 6.45) is 12.9. The van der Waals surface area contributed by atoms with Crippen LogP contribution >= 0.6 is 0 Å². The van der Waals surface area contributed by atoms with Gasteiger partial charge in [0, 0.05) is 32.1 Å². The number of hydrogen-bond acceptors (Lipinski definition) is 11. The summed E-state index contributed by atoms with van der Waals surface area (Å²) in [7, 11) is 0. The van der Waals surface area contributed by atoms with Gasteiger partial charge in [0.1, 0.15) is 18.1 Å². The molecule has 0 aliphatic heterocycles. The molecule has 1 aliphatic carbocycles. The monoisotopic (exact) mass is 690 g/mol. The second-order valence-electron chi connectivity index (χ2n) is 12.6. The van der Waals surface area contributed by atoms with Crippen LogP contribution in [0, 0.1) is 22.0 Å². The molecule has 1 aromatic rings. The van der Waals surface area contributed by atoms with Crippen LogP contribution in [0.5, 0.6) is 5.75 Å². The Kier molecular flexibility index (Phi) is 20.5. The van der Waals surface area contributed by atoms with Crippen LogP contribution in [0.1, 0.15) is 109 Å². The number of benzene rings is 1. The highest BCUT2D eigenvalue weighted by atomic mass is 16.9. The number of nitrogens with zero attached hydrogens (tertiary/aromatic N) is 1. The predicted octanol–water partition coefficient (Wildman–Crippen LogP) is 4.97. The molecular formula is C36H54N2O11. The summed E-state index contributed by atoms with van der Waals surface area (Å²) in [6, 6.07) is 6.64. The quantitative estimate of drug-likeness (QED) is 0.0297. The Balaban J connectivity index is 1.57. The van der Waals surface area contributed by atoms with Crippen LogP contribution in [0.25, 0.3) is 0 Å². The first-order valence-corrected chi connectivity index (χ1v) is 17.6. The zero-order valence-corrected chi connectivity index (χ0v) is 28.7. The lowest BCUT2D eigenvalue weighted by Gasteiger charge is -2.22. The number of ketones is 1. The Labute approximate surface area is 288 Å². The Hall–Kier alpha value is -3.84. The smallest absolute Gasteiger partial charge is 0.330 e. The first kappa shape index (κ1) is 41.3. The maximum absolute atomic E-state index is 12.3. The molecule has 1 fully saturated rings. The third-order valence-electron chi connectivity index (χ3n) is 8.65. The van der Waals surface area contributed by atoms with E-state index in [1.54, 1.807) is 24.3 Å². The summed E-state index contributed by atoms with van der Waals surface area (Å²) in [5.41, 5.74) is 0.846. The number of rotatable bonds is 26. The number of carbonyl (C=O) groups is 4. The van der Waals surface area contributed by atoms with E-state index < -0.39 is 29.2 Å². The second-order valence-corrected chi connectivity index (χ2v) is 12.6. The van der Waals surface area contributed by atoms with Crippen molar-refractivity contribution in [1.29, 1.82) is 0 Å². The molecule has 0 spiro atoms. The highest BCUT2D eigenvalue weighted by Gasteiger charge is 2.40. The first-order valence-electron chi connectivity index (χ1n) is 17.6. The number of aliphatic hydroxyl groups excluding tert-OH is 2. The van der Waals surface area contributed by atoms with Crippen LogP contribution in [0.4, 0.5) is 0 Å². The minimum atomic E-state index is -0.913. The number of allylic oxidation sites excluding steroid dienone is 2. The van der Waals surface area contributed by atoms with Crippen LogP contribution in [-0.2, 0) is 35.2 Å². The summed E-state index contributed by atoms with van der Waals surface area (Å²) in [5, 5.41) is 32.7. The molecule has 2 rings (SSSR count). The molecule has 0 radical (unpaired) electrons. The van der Waals surface area contributed by atoms with E-state index in [2.05, 4.69) is 17.1 Å². The number of hydrogen-bond donors (Lipinski definition) is 3. The summed E-state index contributed by atoms with van der Waals surface area (Å²) in [4.78, 5) is 62.6. The van der Waals surface area contributed by atoms with E-state index in [4.69, 9.17) is 9.47 Å². The largest absolute Gasteiger partial charge is 0.465 e. The van der Waals surface area contributed by atoms with Gasteiger partial charge in [-0.3, -0.25) is 14.4 Å². The molecule has 1 aromatic carbocycles. The molecule has 1 aliphatic rings. The van der Waals surface area contributed by atoms with Crippen molar-refractivity contribution in [1.82, 2.24) is 5.32 Å². The van der Waals surface area contributed by atoms with Gasteiger partial charge in [0.15, 0.2) is 0 Å². The fourth-order valence-corrected chi connectivity index (χ4v) is 5.90. The van der Waals surface area contributed by atoms with Crippen molar-refractivity contribution in [3.8, 4) is 5.75 Å². The van der Waals surface area contributed by atoms with Crippen molar-refractivity contribution in [2.24, 2.45) is 11.8 Å². The van der Waals surface area contributed by atoms with E-state index in [-0.39, 0.29) is 62.5 Å². The van der Waals surface area contributed by atoms with E-state index >= 15 is 0 Å². The van der Waals surface area contributed by atoms with Crippen LogP contribution in [0.15, 0.2) is 36.4 Å². The van der Waals surface area contributed by atoms with Crippen LogP contribution in [-0.4, -0.2) is 70.9 Å². The summed E-state index contributed by atoms with van der Waals surface area (Å²) >= 11 is 0. The molecule has 13 heteroatoms. The number of amides is 1. The number of carbonyl (C=O) groups excluding carboxylic acids is 4. The summed E-state index contributed by atoms with van der Waals surface area (Å²) in [5.74, 6) is -1.02. The van der Waals surface area contributed by atoms with Gasteiger partial charge >= 0.3 is 11.9 Å². The molecule has 1 saturated carbocycles. The van der Waals surface area contributed by atoms with Crippen LogP contribution in [0.3, 0.4) is 0 Å². The third kappa shape index (κ3) is 18.5. The van der Waals surface area contributed by atoms with E-state index in [9.17, 15) is 39.5 Å². The van der Waals surface area contributed by atoms with Crippen molar-refractivity contribution in [2.45, 2.75) is 122 Å². The fourth-order valence-electron chi connectivity index (χ4n) is 5.90. The maximum atomic E-state index is 12.3. The van der Waals surface area contributed by atoms with Gasteiger partial charge in [-0.2, -0.15) is 0 Å². The number of aliphatic hydroxyl groups is 2. The van der Waals surface area contributed by atoms with Crippen molar-refractivity contribution < 1.29 is 48.8 Å². The van der Waals surface area contributed by atoms with E-state index in [1.165, 1.54) is 12.8 Å². The second kappa shape index (κ2) is 24.3. The average molecular weight is 691 g/mol. The first-order chi connectivity index (χ1) is 23.6. The molecular weight excluding hydrogens is 636 g/mol. The topological polar surface area (TPSA) is 192 Å². The van der Waals surface area contributed by atoms with Crippen molar-refractivity contribution in [2.75, 3.05) is 19.8 Å². The molecule has 0 saturated heterocycles. The molecule has 274 valence electrons. The molecule has 13 nitrogen and oxygen atoms in total. The number of ether oxygens (including phenoxy) is 2. The lowest BCUT2D eigenvalue weighted by atomic mass is 9.86. The molecule has 0 aromatic heterocycles. The zero-order chi connectivity index (χ0) is 35.9. The van der Waals surface area contributed by atoms with E-state index in [0.29, 0.717) is 57.1 Å². The Morgan fingerprint density at radius 2 is 1.61 bits per heavy atom. The van der Waals surface area contributed by atoms with E-state index in [1.807, 2.05) is 12.2 Å². The molecule has 49 heavy (non-hydrogen) atoms. The Morgan fingerprint density at radius 1 is 0.878 bits per heavy atom. The predicted molar refractivity (Wildman–Crippen MR) is 181 cm³/mol. The summed E-state index contributed by atoms with van der Waals surface area (Å²) in [6.45, 7) is 1.85.